The van der Waals surface area contributed by atoms with Crippen molar-refractivity contribution in [2.75, 3.05) is 0 Å². The normalized spacial score (nSPS) is 16.8. The molecule has 2 aromatic rings. The second-order valence-corrected chi connectivity index (χ2v) is 5.53. The molecule has 0 bridgehead atoms. The summed E-state index contributed by atoms with van der Waals surface area (Å²) in [4.78, 5) is 12.3. The van der Waals surface area contributed by atoms with Gasteiger partial charge in [0.05, 0.1) is 0 Å². The number of fused-ring (bicyclic) bond motifs is 1. The first-order valence-corrected chi connectivity index (χ1v) is 6.80. The van der Waals surface area contributed by atoms with Crippen LogP contribution in [0.25, 0.3) is 0 Å². The summed E-state index contributed by atoms with van der Waals surface area (Å²) in [5.74, 6) is 0.330. The molecule has 1 unspecified atom stereocenters. The van der Waals surface area contributed by atoms with Gasteiger partial charge in [-0.25, -0.2) is 0 Å². The maximum Gasteiger partial charge on any atom is 0.268 e. The molecule has 0 saturated heterocycles. The smallest absolute Gasteiger partial charge is 0.268 e. The Morgan fingerprint density at radius 2 is 1.95 bits per heavy atom. The summed E-state index contributed by atoms with van der Waals surface area (Å²) in [6.45, 7) is 4.58. The highest BCUT2D eigenvalue weighted by atomic mass is 16.1. The molecule has 2 heterocycles. The maximum atomic E-state index is 12.3. The van der Waals surface area contributed by atoms with Crippen molar-refractivity contribution < 1.29 is 0 Å². The largest absolute Gasteiger partial charge is 0.311 e. The number of hydrogen-bond acceptors (Lipinski definition) is 2. The molecule has 0 aliphatic carbocycles. The zero-order chi connectivity index (χ0) is 14.3. The Kier molecular flexibility index (Phi) is 2.94. The predicted molar refractivity (Wildman–Crippen MR) is 77.8 cm³/mol. The third kappa shape index (κ3) is 1.94. The molecule has 3 heteroatoms. The van der Waals surface area contributed by atoms with Crippen LogP contribution < -0.4 is 5.56 Å². The molecule has 0 spiro atoms. The molecule has 1 aliphatic heterocycles. The molecular formula is C17H16N2O. The van der Waals surface area contributed by atoms with Gasteiger partial charge in [0.25, 0.3) is 5.56 Å². The Balaban J connectivity index is 2.01. The maximum absolute atomic E-state index is 12.3. The third-order valence-corrected chi connectivity index (χ3v) is 4.10. The first kappa shape index (κ1) is 12.7. The number of pyridine rings is 1. The molecule has 100 valence electrons. The molecule has 0 N–H and O–H groups in total. The lowest BCUT2D eigenvalue weighted by Crippen LogP contribution is -2.23. The van der Waals surface area contributed by atoms with Gasteiger partial charge in [-0.1, -0.05) is 29.8 Å². The third-order valence-electron chi connectivity index (χ3n) is 4.10. The van der Waals surface area contributed by atoms with Crippen molar-refractivity contribution in [3.8, 4) is 6.07 Å². The van der Waals surface area contributed by atoms with Crippen LogP contribution in [0.4, 0.5) is 0 Å². The fourth-order valence-corrected chi connectivity index (χ4v) is 2.94. The number of aryl methyl sites for hydroxylation is 2. The molecule has 1 aliphatic rings. The highest BCUT2D eigenvalue weighted by molar-refractivity contribution is 5.38. The van der Waals surface area contributed by atoms with Gasteiger partial charge in [-0.3, -0.25) is 4.79 Å². The highest BCUT2D eigenvalue weighted by Gasteiger charge is 2.25. The van der Waals surface area contributed by atoms with E-state index in [0.29, 0.717) is 12.5 Å². The van der Waals surface area contributed by atoms with E-state index in [0.717, 1.165) is 17.7 Å². The van der Waals surface area contributed by atoms with Gasteiger partial charge in [0.1, 0.15) is 11.6 Å². The molecule has 1 aromatic carbocycles. The summed E-state index contributed by atoms with van der Waals surface area (Å²) < 4.78 is 1.76. The summed E-state index contributed by atoms with van der Waals surface area (Å²) in [7, 11) is 0. The molecule has 1 aromatic heterocycles. The van der Waals surface area contributed by atoms with E-state index < -0.39 is 0 Å². The van der Waals surface area contributed by atoms with Gasteiger partial charge in [-0.15, -0.1) is 0 Å². The van der Waals surface area contributed by atoms with Gasteiger partial charge in [-0.2, -0.15) is 5.26 Å². The van der Waals surface area contributed by atoms with Crippen LogP contribution in [0, 0.1) is 25.2 Å². The van der Waals surface area contributed by atoms with Gasteiger partial charge in [-0.05, 0) is 37.5 Å². The topological polar surface area (TPSA) is 45.8 Å². The predicted octanol–water partition coefficient (Wildman–Crippen LogP) is 2.68. The molecule has 20 heavy (non-hydrogen) atoms. The first-order chi connectivity index (χ1) is 9.60. The zero-order valence-electron chi connectivity index (χ0n) is 11.7. The number of hydrogen-bond donors (Lipinski definition) is 0. The van der Waals surface area contributed by atoms with E-state index in [1.165, 1.54) is 11.1 Å². The van der Waals surface area contributed by atoms with Crippen molar-refractivity contribution in [1.82, 2.24) is 4.57 Å². The second-order valence-electron chi connectivity index (χ2n) is 5.53. The Hall–Kier alpha value is -2.34. The monoisotopic (exact) mass is 264 g/mol. The molecule has 0 saturated carbocycles. The lowest BCUT2D eigenvalue weighted by atomic mass is 9.96. The van der Waals surface area contributed by atoms with Crippen molar-refractivity contribution in [2.24, 2.45) is 0 Å². The van der Waals surface area contributed by atoms with E-state index >= 15 is 0 Å². The lowest BCUT2D eigenvalue weighted by Gasteiger charge is -2.09. The Morgan fingerprint density at radius 3 is 2.60 bits per heavy atom. The second kappa shape index (κ2) is 4.64. The number of rotatable bonds is 1. The van der Waals surface area contributed by atoms with E-state index in [4.69, 9.17) is 5.26 Å². The quantitative estimate of drug-likeness (QED) is 0.795. The number of nitrogens with zero attached hydrogens (tertiary/aromatic N) is 2. The SMILES string of the molecule is Cc1ccc(C2Cc3cc(C)c(C#N)c(=O)n3C2)cc1. The van der Waals surface area contributed by atoms with Crippen LogP contribution in [-0.2, 0) is 13.0 Å². The minimum Gasteiger partial charge on any atom is -0.311 e. The fourth-order valence-electron chi connectivity index (χ4n) is 2.94. The van der Waals surface area contributed by atoms with Crippen molar-refractivity contribution >= 4 is 0 Å². The van der Waals surface area contributed by atoms with Crippen LogP contribution in [-0.4, -0.2) is 4.57 Å². The van der Waals surface area contributed by atoms with E-state index in [-0.39, 0.29) is 11.1 Å². The standard InChI is InChI=1S/C17H16N2O/c1-11-3-5-13(6-4-11)14-8-15-7-12(2)16(9-18)17(20)19(15)10-14/h3-7,14H,8,10H2,1-2H3. The fraction of sp³-hybridized carbons (Fsp3) is 0.294. The molecule has 0 radical (unpaired) electrons. The Bertz CT molecular complexity index is 763. The van der Waals surface area contributed by atoms with E-state index in [1.807, 2.05) is 19.1 Å². The minimum atomic E-state index is -0.142. The minimum absolute atomic E-state index is 0.142. The number of nitriles is 1. The molecule has 3 nitrogen and oxygen atoms in total. The number of aromatic nitrogens is 1. The lowest BCUT2D eigenvalue weighted by molar-refractivity contribution is 0.638. The van der Waals surface area contributed by atoms with Gasteiger partial charge >= 0.3 is 0 Å². The van der Waals surface area contributed by atoms with Crippen molar-refractivity contribution in [3.63, 3.8) is 0 Å². The summed E-state index contributed by atoms with van der Waals surface area (Å²) in [5, 5.41) is 9.08. The first-order valence-electron chi connectivity index (χ1n) is 6.80. The molecule has 3 rings (SSSR count). The van der Waals surface area contributed by atoms with Crippen LogP contribution in [0.3, 0.4) is 0 Å². The Labute approximate surface area is 118 Å². The van der Waals surface area contributed by atoms with Crippen molar-refractivity contribution in [1.29, 1.82) is 5.26 Å². The van der Waals surface area contributed by atoms with Crippen LogP contribution in [0.15, 0.2) is 35.1 Å². The molecule has 0 amide bonds. The summed E-state index contributed by atoms with van der Waals surface area (Å²) >= 11 is 0. The zero-order valence-corrected chi connectivity index (χ0v) is 11.7. The van der Waals surface area contributed by atoms with Crippen LogP contribution in [0.1, 0.15) is 33.9 Å². The average molecular weight is 264 g/mol. The highest BCUT2D eigenvalue weighted by Crippen LogP contribution is 2.29. The summed E-state index contributed by atoms with van der Waals surface area (Å²) in [6, 6.07) is 12.5. The van der Waals surface area contributed by atoms with Gasteiger partial charge in [0.15, 0.2) is 0 Å². The van der Waals surface area contributed by atoms with E-state index in [2.05, 4.69) is 31.2 Å². The molecule has 1 atom stereocenters. The van der Waals surface area contributed by atoms with Crippen molar-refractivity contribution in [2.45, 2.75) is 32.7 Å². The van der Waals surface area contributed by atoms with E-state index in [9.17, 15) is 4.79 Å². The summed E-state index contributed by atoms with van der Waals surface area (Å²) in [5.41, 5.74) is 4.46. The average Bonchev–Trinajstić information content (AvgIpc) is 2.84. The molecular weight excluding hydrogens is 248 g/mol. The van der Waals surface area contributed by atoms with E-state index in [1.54, 1.807) is 4.57 Å². The van der Waals surface area contributed by atoms with Crippen molar-refractivity contribution in [3.05, 3.63) is 68.6 Å². The van der Waals surface area contributed by atoms with Crippen LogP contribution in [0.2, 0.25) is 0 Å². The Morgan fingerprint density at radius 1 is 1.25 bits per heavy atom. The summed E-state index contributed by atoms with van der Waals surface area (Å²) in [6.07, 6.45) is 0.866. The van der Waals surface area contributed by atoms with Gasteiger partial charge < -0.3 is 4.57 Å². The van der Waals surface area contributed by atoms with Crippen LogP contribution >= 0.6 is 0 Å². The van der Waals surface area contributed by atoms with Gasteiger partial charge in [0, 0.05) is 18.2 Å². The van der Waals surface area contributed by atoms with Gasteiger partial charge in [0.2, 0.25) is 0 Å². The molecule has 0 fully saturated rings. The number of benzene rings is 1. The van der Waals surface area contributed by atoms with Crippen LogP contribution in [0.5, 0.6) is 0 Å².